The number of aliphatic carboxylic acids is 1. The summed E-state index contributed by atoms with van der Waals surface area (Å²) in [5, 5.41) is 12.0. The third-order valence-electron chi connectivity index (χ3n) is 3.74. The minimum Gasteiger partial charge on any atom is -0.480 e. The molecular weight excluding hydrogens is 266 g/mol. The van der Waals surface area contributed by atoms with E-state index < -0.39 is 17.4 Å². The Hall–Kier alpha value is -1.55. The summed E-state index contributed by atoms with van der Waals surface area (Å²) in [6.07, 6.45) is 2.42. The van der Waals surface area contributed by atoms with Crippen molar-refractivity contribution >= 4 is 23.5 Å². The fourth-order valence-corrected chi connectivity index (χ4v) is 2.55. The van der Waals surface area contributed by atoms with Crippen molar-refractivity contribution in [2.24, 2.45) is 0 Å². The average Bonchev–Trinajstić information content (AvgIpc) is 2.27. The number of carboxylic acid groups (broad SMARTS) is 1. The Kier molecular flexibility index (Phi) is 3.80. The highest BCUT2D eigenvalue weighted by Crippen LogP contribution is 2.44. The van der Waals surface area contributed by atoms with Crippen LogP contribution in [0.2, 0.25) is 5.02 Å². The molecule has 1 aliphatic rings. The van der Waals surface area contributed by atoms with Crippen LogP contribution in [0.15, 0.2) is 24.3 Å². The van der Waals surface area contributed by atoms with Gasteiger partial charge < -0.3 is 10.4 Å². The molecule has 0 aromatic heterocycles. The van der Waals surface area contributed by atoms with Crippen molar-refractivity contribution in [2.45, 2.75) is 37.6 Å². The number of benzene rings is 1. The lowest BCUT2D eigenvalue weighted by Gasteiger charge is -2.41. The SMILES string of the molecule is C[C@@H](NC(=O)C1(c2cccc(Cl)c2)CCC1)C(=O)O. The number of hydrogen-bond acceptors (Lipinski definition) is 2. The van der Waals surface area contributed by atoms with E-state index >= 15 is 0 Å². The first-order valence-corrected chi connectivity index (χ1v) is 6.63. The van der Waals surface area contributed by atoms with Crippen LogP contribution in [0.4, 0.5) is 0 Å². The summed E-state index contributed by atoms with van der Waals surface area (Å²) in [4.78, 5) is 23.2. The van der Waals surface area contributed by atoms with E-state index in [9.17, 15) is 9.59 Å². The molecule has 1 aromatic carbocycles. The Labute approximate surface area is 116 Å². The van der Waals surface area contributed by atoms with Gasteiger partial charge in [-0.15, -0.1) is 0 Å². The molecule has 0 bridgehead atoms. The Balaban J connectivity index is 2.23. The molecule has 1 aromatic rings. The Bertz CT molecular complexity index is 511. The third kappa shape index (κ3) is 2.59. The van der Waals surface area contributed by atoms with Crippen molar-refractivity contribution in [3.05, 3.63) is 34.9 Å². The van der Waals surface area contributed by atoms with Gasteiger partial charge in [0.05, 0.1) is 5.41 Å². The van der Waals surface area contributed by atoms with Crippen molar-refractivity contribution < 1.29 is 14.7 Å². The van der Waals surface area contributed by atoms with E-state index in [0.717, 1.165) is 24.8 Å². The van der Waals surface area contributed by atoms with Gasteiger partial charge in [0.15, 0.2) is 0 Å². The zero-order valence-electron chi connectivity index (χ0n) is 10.6. The van der Waals surface area contributed by atoms with E-state index in [2.05, 4.69) is 5.32 Å². The highest BCUT2D eigenvalue weighted by atomic mass is 35.5. The van der Waals surface area contributed by atoms with Crippen molar-refractivity contribution in [2.75, 3.05) is 0 Å². The zero-order valence-corrected chi connectivity index (χ0v) is 11.4. The van der Waals surface area contributed by atoms with Gasteiger partial charge in [0.25, 0.3) is 0 Å². The molecule has 2 N–H and O–H groups in total. The summed E-state index contributed by atoms with van der Waals surface area (Å²) in [6.45, 7) is 1.46. The number of carbonyl (C=O) groups excluding carboxylic acids is 1. The molecule has 1 amide bonds. The van der Waals surface area contributed by atoms with Crippen LogP contribution in [0.5, 0.6) is 0 Å². The summed E-state index contributed by atoms with van der Waals surface area (Å²) in [7, 11) is 0. The molecule has 0 saturated heterocycles. The standard InChI is InChI=1S/C14H16ClNO3/c1-9(12(17)18)16-13(19)14(6-3-7-14)10-4-2-5-11(15)8-10/h2,4-5,8-9H,3,6-7H2,1H3,(H,16,19)(H,17,18)/t9-/m1/s1. The maximum atomic E-state index is 12.4. The summed E-state index contributed by atoms with van der Waals surface area (Å²) in [5.74, 6) is -1.26. The zero-order chi connectivity index (χ0) is 14.0. The number of rotatable bonds is 4. The van der Waals surface area contributed by atoms with E-state index in [1.165, 1.54) is 6.92 Å². The van der Waals surface area contributed by atoms with Crippen LogP contribution in [0.25, 0.3) is 0 Å². The van der Waals surface area contributed by atoms with Crippen molar-refractivity contribution in [1.82, 2.24) is 5.32 Å². The quantitative estimate of drug-likeness (QED) is 0.890. The normalized spacial score (nSPS) is 18.2. The molecule has 19 heavy (non-hydrogen) atoms. The van der Waals surface area contributed by atoms with Gasteiger partial charge in [-0.2, -0.15) is 0 Å². The van der Waals surface area contributed by atoms with Gasteiger partial charge in [-0.3, -0.25) is 9.59 Å². The Morgan fingerprint density at radius 2 is 2.11 bits per heavy atom. The molecule has 0 spiro atoms. The lowest BCUT2D eigenvalue weighted by atomic mass is 9.63. The second-order valence-corrected chi connectivity index (χ2v) is 5.42. The highest BCUT2D eigenvalue weighted by molar-refractivity contribution is 6.30. The van der Waals surface area contributed by atoms with Crippen LogP contribution in [-0.2, 0) is 15.0 Å². The van der Waals surface area contributed by atoms with Gasteiger partial charge in [-0.05, 0) is 37.5 Å². The molecule has 0 radical (unpaired) electrons. The maximum Gasteiger partial charge on any atom is 0.325 e. The van der Waals surface area contributed by atoms with Gasteiger partial charge >= 0.3 is 5.97 Å². The molecule has 5 heteroatoms. The van der Waals surface area contributed by atoms with Crippen LogP contribution in [0.1, 0.15) is 31.7 Å². The fraction of sp³-hybridized carbons (Fsp3) is 0.429. The van der Waals surface area contributed by atoms with Crippen molar-refractivity contribution in [1.29, 1.82) is 0 Å². The van der Waals surface area contributed by atoms with Crippen LogP contribution in [0, 0.1) is 0 Å². The van der Waals surface area contributed by atoms with E-state index in [0.29, 0.717) is 5.02 Å². The van der Waals surface area contributed by atoms with E-state index in [1.807, 2.05) is 12.1 Å². The third-order valence-corrected chi connectivity index (χ3v) is 3.97. The predicted molar refractivity (Wildman–Crippen MR) is 72.2 cm³/mol. The minimum atomic E-state index is -1.03. The summed E-state index contributed by atoms with van der Waals surface area (Å²) >= 11 is 5.97. The first-order valence-electron chi connectivity index (χ1n) is 6.25. The summed E-state index contributed by atoms with van der Waals surface area (Å²) < 4.78 is 0. The van der Waals surface area contributed by atoms with Gasteiger partial charge in [0.2, 0.25) is 5.91 Å². The van der Waals surface area contributed by atoms with E-state index in [1.54, 1.807) is 12.1 Å². The smallest absolute Gasteiger partial charge is 0.325 e. The first-order chi connectivity index (χ1) is 8.95. The molecule has 1 atom stereocenters. The second-order valence-electron chi connectivity index (χ2n) is 4.98. The van der Waals surface area contributed by atoms with Crippen LogP contribution >= 0.6 is 11.6 Å². The Morgan fingerprint density at radius 3 is 2.58 bits per heavy atom. The van der Waals surface area contributed by atoms with Crippen molar-refractivity contribution in [3.8, 4) is 0 Å². The molecule has 102 valence electrons. The van der Waals surface area contributed by atoms with Crippen molar-refractivity contribution in [3.63, 3.8) is 0 Å². The lowest BCUT2D eigenvalue weighted by Crippen LogP contribution is -2.53. The number of hydrogen-bond donors (Lipinski definition) is 2. The molecule has 0 aliphatic heterocycles. The molecule has 1 saturated carbocycles. The van der Waals surface area contributed by atoms with E-state index in [4.69, 9.17) is 16.7 Å². The van der Waals surface area contributed by atoms with Crippen LogP contribution in [-0.4, -0.2) is 23.0 Å². The van der Waals surface area contributed by atoms with Gasteiger partial charge in [0.1, 0.15) is 6.04 Å². The Morgan fingerprint density at radius 1 is 1.42 bits per heavy atom. The highest BCUT2D eigenvalue weighted by Gasteiger charge is 2.46. The predicted octanol–water partition coefficient (Wildman–Crippen LogP) is 2.35. The molecule has 1 fully saturated rings. The van der Waals surface area contributed by atoms with Crippen LogP contribution < -0.4 is 5.32 Å². The molecular formula is C14H16ClNO3. The number of carboxylic acids is 1. The number of nitrogens with one attached hydrogen (secondary N) is 1. The largest absolute Gasteiger partial charge is 0.480 e. The number of halogens is 1. The lowest BCUT2D eigenvalue weighted by molar-refractivity contribution is -0.143. The van der Waals surface area contributed by atoms with Gasteiger partial charge in [-0.1, -0.05) is 30.2 Å². The molecule has 2 rings (SSSR count). The molecule has 4 nitrogen and oxygen atoms in total. The topological polar surface area (TPSA) is 66.4 Å². The fourth-order valence-electron chi connectivity index (χ4n) is 2.36. The minimum absolute atomic E-state index is 0.226. The van der Waals surface area contributed by atoms with Gasteiger partial charge in [0, 0.05) is 5.02 Å². The molecule has 0 unspecified atom stereocenters. The molecule has 1 aliphatic carbocycles. The first kappa shape index (κ1) is 13.9. The summed E-state index contributed by atoms with van der Waals surface area (Å²) in [5.41, 5.74) is 0.246. The van der Waals surface area contributed by atoms with Crippen LogP contribution in [0.3, 0.4) is 0 Å². The summed E-state index contributed by atoms with van der Waals surface area (Å²) in [6, 6.07) is 6.34. The van der Waals surface area contributed by atoms with Gasteiger partial charge in [-0.25, -0.2) is 0 Å². The monoisotopic (exact) mass is 281 g/mol. The maximum absolute atomic E-state index is 12.4. The number of carbonyl (C=O) groups is 2. The molecule has 0 heterocycles. The second kappa shape index (κ2) is 5.21. The van der Waals surface area contributed by atoms with E-state index in [-0.39, 0.29) is 5.91 Å². The number of amides is 1. The average molecular weight is 282 g/mol.